The third kappa shape index (κ3) is 4.85. The van der Waals surface area contributed by atoms with E-state index in [4.69, 9.17) is 4.42 Å². The molecule has 140 valence electrons. The van der Waals surface area contributed by atoms with Crippen molar-refractivity contribution >= 4 is 27.6 Å². The van der Waals surface area contributed by atoms with Gasteiger partial charge < -0.3 is 14.1 Å². The Morgan fingerprint density at radius 2 is 1.96 bits per heavy atom. The van der Waals surface area contributed by atoms with Crippen molar-refractivity contribution in [2.24, 2.45) is 0 Å². The molecule has 0 saturated carbocycles. The Morgan fingerprint density at radius 1 is 1.27 bits per heavy atom. The van der Waals surface area contributed by atoms with Crippen molar-refractivity contribution in [1.82, 2.24) is 4.90 Å². The van der Waals surface area contributed by atoms with Crippen molar-refractivity contribution < 1.29 is 27.2 Å². The average molecular weight is 380 g/mol. The van der Waals surface area contributed by atoms with Gasteiger partial charge in [0.05, 0.1) is 19.9 Å². The van der Waals surface area contributed by atoms with Gasteiger partial charge >= 0.3 is 5.97 Å². The van der Waals surface area contributed by atoms with E-state index in [-0.39, 0.29) is 12.5 Å². The quantitative estimate of drug-likeness (QED) is 0.769. The summed E-state index contributed by atoms with van der Waals surface area (Å²) < 4.78 is 35.1. The van der Waals surface area contributed by atoms with Crippen molar-refractivity contribution in [2.45, 2.75) is 13.5 Å². The van der Waals surface area contributed by atoms with E-state index in [0.717, 1.165) is 6.26 Å². The number of hydrogen-bond acceptors (Lipinski definition) is 6. The molecule has 1 heterocycles. The van der Waals surface area contributed by atoms with Crippen molar-refractivity contribution in [3.05, 3.63) is 53.0 Å². The van der Waals surface area contributed by atoms with Crippen LogP contribution in [0.4, 0.5) is 5.69 Å². The van der Waals surface area contributed by atoms with E-state index in [2.05, 4.69) is 9.46 Å². The molecule has 0 saturated heterocycles. The number of methoxy groups -OCH3 is 1. The van der Waals surface area contributed by atoms with E-state index in [1.54, 1.807) is 32.2 Å². The number of ether oxygens (including phenoxy) is 1. The molecule has 1 aromatic carbocycles. The van der Waals surface area contributed by atoms with Crippen LogP contribution in [0.15, 0.2) is 34.7 Å². The molecule has 1 amide bonds. The number of amides is 1. The van der Waals surface area contributed by atoms with Gasteiger partial charge in [-0.1, -0.05) is 6.07 Å². The SMILES string of the molecule is COC(=O)c1cc(CN(C)C(=O)c2cccc(NS(C)(=O)=O)c2)oc1C. The van der Waals surface area contributed by atoms with Gasteiger partial charge in [-0.15, -0.1) is 0 Å². The van der Waals surface area contributed by atoms with Crippen LogP contribution >= 0.6 is 0 Å². The fourth-order valence-electron chi connectivity index (χ4n) is 2.39. The number of anilines is 1. The molecular weight excluding hydrogens is 360 g/mol. The third-order valence-corrected chi connectivity index (χ3v) is 4.13. The summed E-state index contributed by atoms with van der Waals surface area (Å²) in [5.74, 6) is 0.0121. The number of sulfonamides is 1. The minimum absolute atomic E-state index is 0.139. The molecule has 0 fully saturated rings. The minimum atomic E-state index is -3.43. The fourth-order valence-corrected chi connectivity index (χ4v) is 2.95. The summed E-state index contributed by atoms with van der Waals surface area (Å²) in [6, 6.07) is 7.70. The number of carbonyl (C=O) groups excluding carboxylic acids is 2. The summed E-state index contributed by atoms with van der Waals surface area (Å²) in [6.45, 7) is 1.78. The molecule has 26 heavy (non-hydrogen) atoms. The molecule has 0 spiro atoms. The molecule has 9 heteroatoms. The monoisotopic (exact) mass is 380 g/mol. The van der Waals surface area contributed by atoms with Gasteiger partial charge in [0.2, 0.25) is 10.0 Å². The number of nitrogens with zero attached hydrogens (tertiary/aromatic N) is 1. The highest BCUT2D eigenvalue weighted by molar-refractivity contribution is 7.92. The van der Waals surface area contributed by atoms with Gasteiger partial charge in [0.1, 0.15) is 17.1 Å². The van der Waals surface area contributed by atoms with Crippen LogP contribution in [0.3, 0.4) is 0 Å². The topological polar surface area (TPSA) is 106 Å². The highest BCUT2D eigenvalue weighted by Crippen LogP contribution is 2.19. The van der Waals surface area contributed by atoms with Crippen LogP contribution in [0.5, 0.6) is 0 Å². The largest absolute Gasteiger partial charge is 0.465 e. The molecule has 0 aliphatic rings. The maximum Gasteiger partial charge on any atom is 0.341 e. The van der Waals surface area contributed by atoms with Gasteiger partial charge in [-0.25, -0.2) is 13.2 Å². The van der Waals surface area contributed by atoms with Gasteiger partial charge in [-0.2, -0.15) is 0 Å². The summed E-state index contributed by atoms with van der Waals surface area (Å²) >= 11 is 0. The summed E-state index contributed by atoms with van der Waals surface area (Å²) in [6.07, 6.45) is 1.03. The first-order valence-corrected chi connectivity index (χ1v) is 9.51. The van der Waals surface area contributed by atoms with Gasteiger partial charge in [-0.05, 0) is 31.2 Å². The second kappa shape index (κ2) is 7.61. The Balaban J connectivity index is 2.15. The lowest BCUT2D eigenvalue weighted by Gasteiger charge is -2.16. The van der Waals surface area contributed by atoms with Crippen molar-refractivity contribution in [2.75, 3.05) is 25.1 Å². The van der Waals surface area contributed by atoms with Crippen LogP contribution in [0.25, 0.3) is 0 Å². The summed E-state index contributed by atoms with van der Waals surface area (Å²) in [5.41, 5.74) is 0.925. The van der Waals surface area contributed by atoms with E-state index in [1.807, 2.05) is 0 Å². The zero-order chi connectivity index (χ0) is 19.5. The molecule has 0 unspecified atom stereocenters. The standard InChI is InChI=1S/C17H20N2O6S/c1-11-15(17(21)24-3)9-14(25-11)10-19(2)16(20)12-6-5-7-13(8-12)18-26(4,22)23/h5-9,18H,10H2,1-4H3. The van der Waals surface area contributed by atoms with E-state index < -0.39 is 16.0 Å². The van der Waals surface area contributed by atoms with Crippen molar-refractivity contribution in [1.29, 1.82) is 0 Å². The number of furan rings is 1. The van der Waals surface area contributed by atoms with Gasteiger partial charge in [0, 0.05) is 18.3 Å². The molecule has 2 rings (SSSR count). The lowest BCUT2D eigenvalue weighted by Crippen LogP contribution is -2.26. The molecule has 0 aliphatic carbocycles. The Morgan fingerprint density at radius 3 is 2.58 bits per heavy atom. The number of aryl methyl sites for hydroxylation is 1. The second-order valence-corrected chi connectivity index (χ2v) is 7.54. The van der Waals surface area contributed by atoms with Crippen molar-refractivity contribution in [3.8, 4) is 0 Å². The number of benzene rings is 1. The normalized spacial score (nSPS) is 11.1. The van der Waals surface area contributed by atoms with Crippen LogP contribution in [0.2, 0.25) is 0 Å². The Kier molecular flexibility index (Phi) is 5.71. The first kappa shape index (κ1) is 19.5. The fraction of sp³-hybridized carbons (Fsp3) is 0.294. The lowest BCUT2D eigenvalue weighted by atomic mass is 10.2. The zero-order valence-corrected chi connectivity index (χ0v) is 15.7. The number of hydrogen-bond donors (Lipinski definition) is 1. The first-order chi connectivity index (χ1) is 12.1. The predicted octanol–water partition coefficient (Wildman–Crippen LogP) is 2.02. The second-order valence-electron chi connectivity index (χ2n) is 5.79. The lowest BCUT2D eigenvalue weighted by molar-refractivity contribution is 0.0598. The predicted molar refractivity (Wildman–Crippen MR) is 95.5 cm³/mol. The number of rotatable bonds is 6. The van der Waals surface area contributed by atoms with Gasteiger partial charge in [0.25, 0.3) is 5.91 Å². The van der Waals surface area contributed by atoms with Crippen LogP contribution in [-0.2, 0) is 21.3 Å². The Labute approximate surface area is 151 Å². The van der Waals surface area contributed by atoms with Gasteiger partial charge in [-0.3, -0.25) is 9.52 Å². The highest BCUT2D eigenvalue weighted by atomic mass is 32.2. The smallest absolute Gasteiger partial charge is 0.341 e. The Hall–Kier alpha value is -2.81. The van der Waals surface area contributed by atoms with E-state index in [0.29, 0.717) is 28.3 Å². The van der Waals surface area contributed by atoms with Gasteiger partial charge in [0.15, 0.2) is 0 Å². The summed E-state index contributed by atoms with van der Waals surface area (Å²) in [4.78, 5) is 25.6. The number of carbonyl (C=O) groups is 2. The number of esters is 1. The molecule has 0 atom stereocenters. The average Bonchev–Trinajstić information content (AvgIpc) is 2.92. The van der Waals surface area contributed by atoms with E-state index in [9.17, 15) is 18.0 Å². The third-order valence-electron chi connectivity index (χ3n) is 3.53. The summed E-state index contributed by atoms with van der Waals surface area (Å²) in [5, 5.41) is 0. The molecule has 8 nitrogen and oxygen atoms in total. The molecule has 0 aliphatic heterocycles. The number of nitrogens with one attached hydrogen (secondary N) is 1. The van der Waals surface area contributed by atoms with E-state index >= 15 is 0 Å². The van der Waals surface area contributed by atoms with Crippen LogP contribution in [0, 0.1) is 6.92 Å². The highest BCUT2D eigenvalue weighted by Gasteiger charge is 2.19. The minimum Gasteiger partial charge on any atom is -0.465 e. The maximum atomic E-state index is 12.6. The zero-order valence-electron chi connectivity index (χ0n) is 14.9. The van der Waals surface area contributed by atoms with E-state index in [1.165, 1.54) is 24.1 Å². The summed E-state index contributed by atoms with van der Waals surface area (Å²) in [7, 11) is -0.577. The molecule has 0 bridgehead atoms. The van der Waals surface area contributed by atoms with Crippen LogP contribution in [-0.4, -0.2) is 45.6 Å². The molecule has 2 aromatic rings. The van der Waals surface area contributed by atoms with Crippen LogP contribution in [0.1, 0.15) is 32.2 Å². The molecule has 1 N–H and O–H groups in total. The first-order valence-electron chi connectivity index (χ1n) is 7.61. The molecular formula is C17H20N2O6S. The van der Waals surface area contributed by atoms with Crippen molar-refractivity contribution in [3.63, 3.8) is 0 Å². The van der Waals surface area contributed by atoms with Crippen LogP contribution < -0.4 is 4.72 Å². The maximum absolute atomic E-state index is 12.6. The molecule has 1 aromatic heterocycles. The Bertz CT molecular complexity index is 932. The molecule has 0 radical (unpaired) electrons.